The molecule has 0 spiro atoms. The zero-order chi connectivity index (χ0) is 21.9. The number of ether oxygens (including phenoxy) is 1. The molecule has 32 heavy (non-hydrogen) atoms. The standard InChI is InChI=1S/C24H32N6O.HI/c1-25-24(27-18-21-10-6-7-12-23(21)31-16-15-29(2)3)26-17-20-9-4-5-11-22(20)19-30-14-8-13-28-30;/h4-14H,15-19H2,1-3H3,(H2,25,26,27);1H. The number of likely N-dealkylation sites (N-methyl/N-ethyl adjacent to an activating group) is 1. The van der Waals surface area contributed by atoms with Gasteiger partial charge in [0.25, 0.3) is 0 Å². The number of nitrogens with one attached hydrogen (secondary N) is 2. The Morgan fingerprint density at radius 2 is 1.62 bits per heavy atom. The molecule has 0 unspecified atom stereocenters. The topological polar surface area (TPSA) is 66.7 Å². The maximum atomic E-state index is 5.96. The van der Waals surface area contributed by atoms with Crippen molar-refractivity contribution in [3.63, 3.8) is 0 Å². The van der Waals surface area contributed by atoms with E-state index in [0.717, 1.165) is 30.4 Å². The number of nitrogens with zero attached hydrogens (tertiary/aromatic N) is 4. The van der Waals surface area contributed by atoms with Gasteiger partial charge >= 0.3 is 0 Å². The van der Waals surface area contributed by atoms with E-state index >= 15 is 0 Å². The van der Waals surface area contributed by atoms with E-state index in [9.17, 15) is 0 Å². The number of hydrogen-bond acceptors (Lipinski definition) is 4. The maximum absolute atomic E-state index is 5.96. The van der Waals surface area contributed by atoms with Crippen LogP contribution in [-0.4, -0.2) is 54.9 Å². The molecule has 2 aromatic carbocycles. The molecular formula is C24H33IN6O. The summed E-state index contributed by atoms with van der Waals surface area (Å²) in [6.45, 7) is 3.59. The summed E-state index contributed by atoms with van der Waals surface area (Å²) in [6, 6.07) is 18.4. The average molecular weight is 548 g/mol. The van der Waals surface area contributed by atoms with Crippen molar-refractivity contribution in [3.8, 4) is 5.75 Å². The zero-order valence-electron chi connectivity index (χ0n) is 19.0. The van der Waals surface area contributed by atoms with Crippen LogP contribution in [0.1, 0.15) is 16.7 Å². The van der Waals surface area contributed by atoms with E-state index in [0.29, 0.717) is 19.7 Å². The van der Waals surface area contributed by atoms with Crippen LogP contribution >= 0.6 is 24.0 Å². The maximum Gasteiger partial charge on any atom is 0.191 e. The van der Waals surface area contributed by atoms with Gasteiger partial charge in [-0.2, -0.15) is 5.10 Å². The van der Waals surface area contributed by atoms with Crippen LogP contribution in [0.3, 0.4) is 0 Å². The predicted octanol–water partition coefficient (Wildman–Crippen LogP) is 3.36. The van der Waals surface area contributed by atoms with E-state index in [1.165, 1.54) is 11.1 Å². The first kappa shape index (κ1) is 25.7. The number of guanidine groups is 1. The third-order valence-corrected chi connectivity index (χ3v) is 4.89. The van der Waals surface area contributed by atoms with Crippen molar-refractivity contribution in [1.82, 2.24) is 25.3 Å². The van der Waals surface area contributed by atoms with Crippen molar-refractivity contribution in [2.75, 3.05) is 34.3 Å². The Balaban J connectivity index is 0.00000363. The van der Waals surface area contributed by atoms with E-state index in [1.807, 2.05) is 49.2 Å². The van der Waals surface area contributed by atoms with Gasteiger partial charge in [-0.1, -0.05) is 42.5 Å². The fourth-order valence-electron chi connectivity index (χ4n) is 3.16. The third-order valence-electron chi connectivity index (χ3n) is 4.89. The minimum absolute atomic E-state index is 0. The highest BCUT2D eigenvalue weighted by atomic mass is 127. The quantitative estimate of drug-likeness (QED) is 0.231. The van der Waals surface area contributed by atoms with Crippen molar-refractivity contribution in [3.05, 3.63) is 83.7 Å². The van der Waals surface area contributed by atoms with E-state index in [-0.39, 0.29) is 24.0 Å². The van der Waals surface area contributed by atoms with E-state index in [4.69, 9.17) is 4.74 Å². The van der Waals surface area contributed by atoms with Crippen LogP contribution in [0, 0.1) is 0 Å². The molecule has 0 amide bonds. The van der Waals surface area contributed by atoms with Crippen molar-refractivity contribution in [1.29, 1.82) is 0 Å². The van der Waals surface area contributed by atoms with Crippen LogP contribution < -0.4 is 15.4 Å². The lowest BCUT2D eigenvalue weighted by Crippen LogP contribution is -2.36. The molecule has 1 heterocycles. The molecule has 7 nitrogen and oxygen atoms in total. The summed E-state index contributed by atoms with van der Waals surface area (Å²) < 4.78 is 7.89. The molecule has 0 aliphatic rings. The number of aromatic nitrogens is 2. The van der Waals surface area contributed by atoms with Gasteiger partial charge in [0.15, 0.2) is 5.96 Å². The summed E-state index contributed by atoms with van der Waals surface area (Å²) in [4.78, 5) is 6.48. The van der Waals surface area contributed by atoms with Gasteiger partial charge in [0.05, 0.1) is 6.54 Å². The Morgan fingerprint density at radius 1 is 0.969 bits per heavy atom. The van der Waals surface area contributed by atoms with Crippen molar-refractivity contribution in [2.24, 2.45) is 4.99 Å². The van der Waals surface area contributed by atoms with Gasteiger partial charge in [-0.15, -0.1) is 24.0 Å². The highest BCUT2D eigenvalue weighted by molar-refractivity contribution is 14.0. The summed E-state index contributed by atoms with van der Waals surface area (Å²) in [5, 5.41) is 11.1. The summed E-state index contributed by atoms with van der Waals surface area (Å²) in [5.41, 5.74) is 3.55. The van der Waals surface area contributed by atoms with Crippen LogP contribution in [0.25, 0.3) is 0 Å². The first-order valence-corrected chi connectivity index (χ1v) is 10.5. The Labute approximate surface area is 207 Å². The highest BCUT2D eigenvalue weighted by Gasteiger charge is 2.07. The Hall–Kier alpha value is -2.59. The molecule has 0 aliphatic carbocycles. The van der Waals surface area contributed by atoms with Crippen molar-refractivity contribution >= 4 is 29.9 Å². The smallest absolute Gasteiger partial charge is 0.191 e. The molecule has 3 aromatic rings. The number of rotatable bonds is 10. The van der Waals surface area contributed by atoms with Crippen LogP contribution in [0.5, 0.6) is 5.75 Å². The normalized spacial score (nSPS) is 11.2. The molecule has 2 N–H and O–H groups in total. The lowest BCUT2D eigenvalue weighted by atomic mass is 10.1. The summed E-state index contributed by atoms with van der Waals surface area (Å²) in [6.07, 6.45) is 3.78. The van der Waals surface area contributed by atoms with Crippen LogP contribution in [0.4, 0.5) is 0 Å². The van der Waals surface area contributed by atoms with Crippen LogP contribution in [0.2, 0.25) is 0 Å². The van der Waals surface area contributed by atoms with E-state index in [1.54, 1.807) is 13.2 Å². The number of hydrogen-bond donors (Lipinski definition) is 2. The molecule has 8 heteroatoms. The van der Waals surface area contributed by atoms with E-state index < -0.39 is 0 Å². The number of para-hydroxylation sites is 1. The molecule has 0 bridgehead atoms. The van der Waals surface area contributed by atoms with Crippen molar-refractivity contribution < 1.29 is 4.74 Å². The van der Waals surface area contributed by atoms with Gasteiger partial charge < -0.3 is 20.3 Å². The third kappa shape index (κ3) is 8.16. The highest BCUT2D eigenvalue weighted by Crippen LogP contribution is 2.17. The molecule has 0 saturated heterocycles. The molecule has 0 saturated carbocycles. The van der Waals surface area contributed by atoms with Gasteiger partial charge in [0, 0.05) is 44.6 Å². The summed E-state index contributed by atoms with van der Waals surface area (Å²) in [5.74, 6) is 1.65. The molecule has 0 aliphatic heterocycles. The van der Waals surface area contributed by atoms with Crippen LogP contribution in [0.15, 0.2) is 72.0 Å². The fraction of sp³-hybridized carbons (Fsp3) is 0.333. The number of aliphatic imine (C=N–C) groups is 1. The largest absolute Gasteiger partial charge is 0.492 e. The lowest BCUT2D eigenvalue weighted by Gasteiger charge is -2.17. The molecule has 0 atom stereocenters. The zero-order valence-corrected chi connectivity index (χ0v) is 21.3. The second-order valence-electron chi connectivity index (χ2n) is 7.51. The Bertz CT molecular complexity index is 959. The first-order valence-electron chi connectivity index (χ1n) is 10.5. The van der Waals surface area contributed by atoms with Crippen LogP contribution in [-0.2, 0) is 19.6 Å². The molecule has 1 aromatic heterocycles. The number of halogens is 1. The van der Waals surface area contributed by atoms with Gasteiger partial charge in [-0.25, -0.2) is 0 Å². The van der Waals surface area contributed by atoms with Gasteiger partial charge in [-0.05, 0) is 37.4 Å². The Morgan fingerprint density at radius 3 is 2.28 bits per heavy atom. The predicted molar refractivity (Wildman–Crippen MR) is 141 cm³/mol. The summed E-state index contributed by atoms with van der Waals surface area (Å²) >= 11 is 0. The van der Waals surface area contributed by atoms with Gasteiger partial charge in [-0.3, -0.25) is 9.67 Å². The van der Waals surface area contributed by atoms with Gasteiger partial charge in [0.2, 0.25) is 0 Å². The minimum atomic E-state index is 0. The molecule has 172 valence electrons. The van der Waals surface area contributed by atoms with Gasteiger partial charge in [0.1, 0.15) is 12.4 Å². The molecule has 0 fully saturated rings. The second-order valence-corrected chi connectivity index (χ2v) is 7.51. The first-order chi connectivity index (χ1) is 15.2. The SMILES string of the molecule is CN=C(NCc1ccccc1Cn1cccn1)NCc1ccccc1OCCN(C)C.I. The molecular weight excluding hydrogens is 515 g/mol. The second kappa shape index (κ2) is 13.7. The summed E-state index contributed by atoms with van der Waals surface area (Å²) in [7, 11) is 5.86. The molecule has 0 radical (unpaired) electrons. The molecule has 3 rings (SSSR count). The lowest BCUT2D eigenvalue weighted by molar-refractivity contribution is 0.259. The average Bonchev–Trinajstić information content (AvgIpc) is 3.28. The monoisotopic (exact) mass is 548 g/mol. The fourth-order valence-corrected chi connectivity index (χ4v) is 3.16. The van der Waals surface area contributed by atoms with Crippen molar-refractivity contribution in [2.45, 2.75) is 19.6 Å². The Kier molecular flexibility index (Phi) is 11.0. The number of benzene rings is 2. The van der Waals surface area contributed by atoms with E-state index in [2.05, 4.69) is 56.0 Å². The minimum Gasteiger partial charge on any atom is -0.492 e.